The van der Waals surface area contributed by atoms with Crippen molar-refractivity contribution in [2.75, 3.05) is 52.0 Å². The quantitative estimate of drug-likeness (QED) is 0.590. The highest BCUT2D eigenvalue weighted by Crippen LogP contribution is 2.46. The Kier molecular flexibility index (Phi) is 5.73. The maximum atomic E-state index is 6.60. The third-order valence-electron chi connectivity index (χ3n) is 5.11. The van der Waals surface area contributed by atoms with Crippen LogP contribution in [-0.2, 0) is 0 Å². The second-order valence-corrected chi connectivity index (χ2v) is 8.03. The van der Waals surface area contributed by atoms with Crippen molar-refractivity contribution in [3.8, 4) is 22.8 Å². The molecule has 158 valence electrons. The second-order valence-electron chi connectivity index (χ2n) is 7.27. The van der Waals surface area contributed by atoms with E-state index in [4.69, 9.17) is 43.4 Å². The molecule has 1 aliphatic rings. The molecular weight excluding hydrogens is 427 g/mol. The van der Waals surface area contributed by atoms with E-state index in [1.807, 2.05) is 6.07 Å². The standard InChI is InChI=1S/C20H22Cl2N6O2/c1-28-8-10(9-28)6-24-19-18-11(7-25-20(23)27-18)4-12(26-19)15-16(21)13(29-2)5-14(30-3)17(15)22/h4-5,7,10H,6,8-9H2,1-3H3,(H,24,26)(H2,23,25,27). The fourth-order valence-electron chi connectivity index (χ4n) is 3.61. The third kappa shape index (κ3) is 3.78. The molecule has 0 radical (unpaired) electrons. The molecule has 0 atom stereocenters. The summed E-state index contributed by atoms with van der Waals surface area (Å²) in [5.41, 5.74) is 7.52. The minimum atomic E-state index is 0.183. The van der Waals surface area contributed by atoms with Gasteiger partial charge in [-0.2, -0.15) is 0 Å². The summed E-state index contributed by atoms with van der Waals surface area (Å²) in [7, 11) is 5.16. The minimum absolute atomic E-state index is 0.183. The number of aromatic nitrogens is 3. The first-order chi connectivity index (χ1) is 14.4. The molecule has 0 spiro atoms. The van der Waals surface area contributed by atoms with E-state index < -0.39 is 0 Å². The molecule has 2 aromatic heterocycles. The van der Waals surface area contributed by atoms with E-state index in [2.05, 4.69) is 27.2 Å². The predicted molar refractivity (Wildman–Crippen MR) is 120 cm³/mol. The van der Waals surface area contributed by atoms with Gasteiger partial charge in [0.15, 0.2) is 5.82 Å². The van der Waals surface area contributed by atoms with Crippen molar-refractivity contribution >= 4 is 45.9 Å². The van der Waals surface area contributed by atoms with E-state index in [1.165, 1.54) is 14.2 Å². The van der Waals surface area contributed by atoms with Crippen LogP contribution in [0.3, 0.4) is 0 Å². The number of ether oxygens (including phenoxy) is 2. The van der Waals surface area contributed by atoms with Crippen molar-refractivity contribution < 1.29 is 9.47 Å². The summed E-state index contributed by atoms with van der Waals surface area (Å²) < 4.78 is 10.8. The van der Waals surface area contributed by atoms with Crippen LogP contribution in [0.1, 0.15) is 0 Å². The number of benzene rings is 1. The van der Waals surface area contributed by atoms with Gasteiger partial charge in [0.25, 0.3) is 0 Å². The number of fused-ring (bicyclic) bond motifs is 1. The number of halogens is 2. The van der Waals surface area contributed by atoms with Gasteiger partial charge in [0.1, 0.15) is 17.0 Å². The molecule has 0 amide bonds. The Balaban J connectivity index is 1.85. The zero-order valence-electron chi connectivity index (χ0n) is 16.9. The Hall–Kier alpha value is -2.55. The molecule has 1 saturated heterocycles. The van der Waals surface area contributed by atoms with Crippen LogP contribution in [0.2, 0.25) is 10.0 Å². The number of nitrogen functional groups attached to an aromatic ring is 1. The van der Waals surface area contributed by atoms with Crippen LogP contribution in [0.5, 0.6) is 11.5 Å². The Morgan fingerprint density at radius 1 is 1.13 bits per heavy atom. The van der Waals surface area contributed by atoms with Gasteiger partial charge in [0.05, 0.1) is 30.0 Å². The van der Waals surface area contributed by atoms with Gasteiger partial charge in [-0.15, -0.1) is 0 Å². The summed E-state index contributed by atoms with van der Waals surface area (Å²) in [6, 6.07) is 3.47. The molecule has 8 nitrogen and oxygen atoms in total. The number of anilines is 2. The fraction of sp³-hybridized carbons (Fsp3) is 0.350. The van der Waals surface area contributed by atoms with E-state index in [-0.39, 0.29) is 5.95 Å². The highest BCUT2D eigenvalue weighted by molar-refractivity contribution is 6.41. The number of nitrogens with two attached hydrogens (primary N) is 1. The Morgan fingerprint density at radius 3 is 2.40 bits per heavy atom. The van der Waals surface area contributed by atoms with E-state index in [0.29, 0.717) is 50.1 Å². The predicted octanol–water partition coefficient (Wildman–Crippen LogP) is 3.57. The summed E-state index contributed by atoms with van der Waals surface area (Å²) in [4.78, 5) is 15.5. The number of hydrogen-bond acceptors (Lipinski definition) is 8. The van der Waals surface area contributed by atoms with Crippen molar-refractivity contribution in [2.45, 2.75) is 0 Å². The van der Waals surface area contributed by atoms with Crippen LogP contribution in [0.15, 0.2) is 18.3 Å². The van der Waals surface area contributed by atoms with Crippen LogP contribution in [-0.4, -0.2) is 60.8 Å². The molecule has 0 aliphatic carbocycles. The topological polar surface area (TPSA) is 98.4 Å². The monoisotopic (exact) mass is 448 g/mol. The minimum Gasteiger partial charge on any atom is -0.495 e. The molecule has 3 aromatic rings. The van der Waals surface area contributed by atoms with Crippen molar-refractivity contribution in [3.63, 3.8) is 0 Å². The molecule has 3 N–H and O–H groups in total. The Morgan fingerprint density at radius 2 is 1.80 bits per heavy atom. The molecule has 0 saturated carbocycles. The van der Waals surface area contributed by atoms with E-state index >= 15 is 0 Å². The fourth-order valence-corrected chi connectivity index (χ4v) is 4.31. The lowest BCUT2D eigenvalue weighted by Gasteiger charge is -2.36. The molecule has 0 bridgehead atoms. The molecule has 0 unspecified atom stereocenters. The van der Waals surface area contributed by atoms with Gasteiger partial charge in [-0.3, -0.25) is 0 Å². The van der Waals surface area contributed by atoms with Gasteiger partial charge in [-0.05, 0) is 13.1 Å². The van der Waals surface area contributed by atoms with E-state index in [9.17, 15) is 0 Å². The molecule has 4 rings (SSSR count). The first kappa shape index (κ1) is 20.7. The van der Waals surface area contributed by atoms with Crippen LogP contribution >= 0.6 is 23.2 Å². The number of nitrogens with zero attached hydrogens (tertiary/aromatic N) is 4. The Labute approximate surface area is 184 Å². The number of likely N-dealkylation sites (tertiary alicyclic amines) is 1. The summed E-state index contributed by atoms with van der Waals surface area (Å²) in [5, 5.41) is 4.86. The highest BCUT2D eigenvalue weighted by atomic mass is 35.5. The number of pyridine rings is 1. The average molecular weight is 449 g/mol. The summed E-state index contributed by atoms with van der Waals surface area (Å²) in [6.07, 6.45) is 1.66. The molecule has 1 aromatic carbocycles. The molecular formula is C20H22Cl2N6O2. The maximum absolute atomic E-state index is 6.60. The average Bonchev–Trinajstić information content (AvgIpc) is 2.71. The largest absolute Gasteiger partial charge is 0.495 e. The number of methoxy groups -OCH3 is 2. The number of hydrogen-bond donors (Lipinski definition) is 2. The van der Waals surface area contributed by atoms with Crippen molar-refractivity contribution in [1.29, 1.82) is 0 Å². The Bertz CT molecular complexity index is 1080. The van der Waals surface area contributed by atoms with Gasteiger partial charge < -0.3 is 25.4 Å². The third-order valence-corrected chi connectivity index (χ3v) is 5.86. The van der Waals surface area contributed by atoms with Gasteiger partial charge in [-0.1, -0.05) is 23.2 Å². The van der Waals surface area contributed by atoms with Crippen molar-refractivity contribution in [1.82, 2.24) is 19.9 Å². The van der Waals surface area contributed by atoms with Crippen LogP contribution in [0.4, 0.5) is 11.8 Å². The summed E-state index contributed by atoms with van der Waals surface area (Å²) in [5.74, 6) is 2.20. The summed E-state index contributed by atoms with van der Waals surface area (Å²) in [6.45, 7) is 2.83. The molecule has 1 fully saturated rings. The lowest BCUT2D eigenvalue weighted by molar-refractivity contribution is 0.144. The van der Waals surface area contributed by atoms with Gasteiger partial charge in [0, 0.05) is 48.8 Å². The van der Waals surface area contributed by atoms with Gasteiger partial charge in [-0.25, -0.2) is 15.0 Å². The molecule has 10 heteroatoms. The second kappa shape index (κ2) is 8.29. The number of rotatable bonds is 6. The van der Waals surface area contributed by atoms with E-state index in [0.717, 1.165) is 25.0 Å². The maximum Gasteiger partial charge on any atom is 0.220 e. The zero-order chi connectivity index (χ0) is 21.4. The van der Waals surface area contributed by atoms with Crippen LogP contribution in [0.25, 0.3) is 22.2 Å². The first-order valence-electron chi connectivity index (χ1n) is 9.37. The number of nitrogens with one attached hydrogen (secondary N) is 1. The van der Waals surface area contributed by atoms with Gasteiger partial charge >= 0.3 is 0 Å². The lowest BCUT2D eigenvalue weighted by Crippen LogP contribution is -2.46. The summed E-state index contributed by atoms with van der Waals surface area (Å²) >= 11 is 13.2. The van der Waals surface area contributed by atoms with Crippen LogP contribution in [0, 0.1) is 5.92 Å². The van der Waals surface area contributed by atoms with Crippen molar-refractivity contribution in [3.05, 3.63) is 28.4 Å². The normalized spacial score (nSPS) is 14.6. The van der Waals surface area contributed by atoms with E-state index in [1.54, 1.807) is 12.3 Å². The molecule has 30 heavy (non-hydrogen) atoms. The van der Waals surface area contributed by atoms with Gasteiger partial charge in [0.2, 0.25) is 5.95 Å². The SMILES string of the molecule is COc1cc(OC)c(Cl)c(-c2cc3cnc(N)nc3c(NCC3CN(C)C3)n2)c1Cl. The van der Waals surface area contributed by atoms with Crippen molar-refractivity contribution in [2.24, 2.45) is 5.92 Å². The zero-order valence-corrected chi connectivity index (χ0v) is 18.4. The lowest BCUT2D eigenvalue weighted by atomic mass is 10.0. The smallest absolute Gasteiger partial charge is 0.220 e. The van der Waals surface area contributed by atoms with Crippen LogP contribution < -0.4 is 20.5 Å². The highest BCUT2D eigenvalue weighted by Gasteiger charge is 2.24. The first-order valence-corrected chi connectivity index (χ1v) is 10.1. The molecule has 1 aliphatic heterocycles. The molecule has 3 heterocycles.